The van der Waals surface area contributed by atoms with Crippen molar-refractivity contribution in [2.24, 2.45) is 5.92 Å². The van der Waals surface area contributed by atoms with Gasteiger partial charge in [-0.25, -0.2) is 0 Å². The van der Waals surface area contributed by atoms with Crippen LogP contribution in [-0.4, -0.2) is 12.5 Å². The molecule has 2 nitrogen and oxygen atoms in total. The van der Waals surface area contributed by atoms with Crippen LogP contribution in [0, 0.1) is 5.92 Å². The van der Waals surface area contributed by atoms with Crippen molar-refractivity contribution in [2.75, 3.05) is 6.54 Å². The Hall–Kier alpha value is -0.350. The zero-order valence-corrected chi connectivity index (χ0v) is 12.6. The summed E-state index contributed by atoms with van der Waals surface area (Å²) in [6, 6.07) is 5.54. The van der Waals surface area contributed by atoms with E-state index in [1.54, 1.807) is 0 Å². The molecular formula is C12H15Br2NO. The van der Waals surface area contributed by atoms with Gasteiger partial charge < -0.3 is 5.32 Å². The van der Waals surface area contributed by atoms with Crippen molar-refractivity contribution in [1.82, 2.24) is 5.32 Å². The average Bonchev–Trinajstić information content (AvgIpc) is 2.15. The highest BCUT2D eigenvalue weighted by Crippen LogP contribution is 2.19. The SMILES string of the molecule is CC(C)CCNC(=O)c1cc(Br)cc(Br)c1. The van der Waals surface area contributed by atoms with Gasteiger partial charge in [-0.1, -0.05) is 45.7 Å². The van der Waals surface area contributed by atoms with Crippen molar-refractivity contribution in [3.05, 3.63) is 32.7 Å². The smallest absolute Gasteiger partial charge is 0.251 e. The lowest BCUT2D eigenvalue weighted by Gasteiger charge is -2.07. The minimum atomic E-state index is -0.0253. The number of carbonyl (C=O) groups excluding carboxylic acids is 1. The molecule has 0 radical (unpaired) electrons. The Kier molecular flexibility index (Phi) is 5.49. The van der Waals surface area contributed by atoms with Crippen molar-refractivity contribution in [3.8, 4) is 0 Å². The summed E-state index contributed by atoms with van der Waals surface area (Å²) in [5.74, 6) is 0.581. The van der Waals surface area contributed by atoms with Crippen molar-refractivity contribution in [1.29, 1.82) is 0 Å². The van der Waals surface area contributed by atoms with Crippen molar-refractivity contribution < 1.29 is 4.79 Å². The van der Waals surface area contributed by atoms with Gasteiger partial charge in [0.15, 0.2) is 0 Å². The summed E-state index contributed by atoms with van der Waals surface area (Å²) < 4.78 is 1.80. The third-order valence-electron chi connectivity index (χ3n) is 2.13. The number of halogens is 2. The number of hydrogen-bond donors (Lipinski definition) is 1. The second-order valence-corrected chi connectivity index (χ2v) is 5.93. The monoisotopic (exact) mass is 347 g/mol. The molecule has 1 aromatic rings. The van der Waals surface area contributed by atoms with E-state index >= 15 is 0 Å². The van der Waals surface area contributed by atoms with Crippen molar-refractivity contribution in [3.63, 3.8) is 0 Å². The van der Waals surface area contributed by atoms with E-state index in [2.05, 4.69) is 51.0 Å². The van der Waals surface area contributed by atoms with Crippen molar-refractivity contribution in [2.45, 2.75) is 20.3 Å². The Bertz CT molecular complexity index is 357. The zero-order chi connectivity index (χ0) is 12.1. The summed E-state index contributed by atoms with van der Waals surface area (Å²) in [6.45, 7) is 5.00. The van der Waals surface area contributed by atoms with Crippen LogP contribution in [-0.2, 0) is 0 Å². The van der Waals surface area contributed by atoms with E-state index in [1.807, 2.05) is 18.2 Å². The predicted octanol–water partition coefficient (Wildman–Crippen LogP) is 3.99. The highest BCUT2D eigenvalue weighted by molar-refractivity contribution is 9.11. The van der Waals surface area contributed by atoms with Gasteiger partial charge in [-0.05, 0) is 30.5 Å². The molecule has 0 aliphatic carbocycles. The number of carbonyl (C=O) groups is 1. The van der Waals surface area contributed by atoms with Gasteiger partial charge in [-0.2, -0.15) is 0 Å². The van der Waals surface area contributed by atoms with Gasteiger partial charge in [0.05, 0.1) is 0 Å². The molecule has 88 valence electrons. The molecule has 1 N–H and O–H groups in total. The number of benzene rings is 1. The first kappa shape index (κ1) is 13.7. The Morgan fingerprint density at radius 1 is 1.25 bits per heavy atom. The quantitative estimate of drug-likeness (QED) is 0.875. The van der Waals surface area contributed by atoms with Gasteiger partial charge in [0.2, 0.25) is 0 Å². The molecule has 1 rings (SSSR count). The van der Waals surface area contributed by atoms with Gasteiger partial charge in [0.25, 0.3) is 5.91 Å². The summed E-state index contributed by atoms with van der Waals surface area (Å²) in [6.07, 6.45) is 1.00. The van der Waals surface area contributed by atoms with E-state index in [0.717, 1.165) is 21.9 Å². The fourth-order valence-electron chi connectivity index (χ4n) is 1.26. The molecule has 0 fully saturated rings. The molecule has 0 aromatic heterocycles. The molecule has 0 aliphatic heterocycles. The number of nitrogens with one attached hydrogen (secondary N) is 1. The van der Waals surface area contributed by atoms with Crippen LogP contribution in [0.25, 0.3) is 0 Å². The van der Waals surface area contributed by atoms with Crippen LogP contribution in [0.1, 0.15) is 30.6 Å². The average molecular weight is 349 g/mol. The summed E-state index contributed by atoms with van der Waals surface area (Å²) in [4.78, 5) is 11.8. The van der Waals surface area contributed by atoms with Crippen LogP contribution in [0.3, 0.4) is 0 Å². The van der Waals surface area contributed by atoms with Gasteiger partial charge in [-0.15, -0.1) is 0 Å². The van der Waals surface area contributed by atoms with Gasteiger partial charge >= 0.3 is 0 Å². The van der Waals surface area contributed by atoms with E-state index in [4.69, 9.17) is 0 Å². The highest BCUT2D eigenvalue weighted by Gasteiger charge is 2.07. The fourth-order valence-corrected chi connectivity index (χ4v) is 2.56. The summed E-state index contributed by atoms with van der Waals surface area (Å²) in [5, 5.41) is 2.90. The van der Waals surface area contributed by atoms with Crippen molar-refractivity contribution >= 4 is 37.8 Å². The van der Waals surface area contributed by atoms with Crippen LogP contribution >= 0.6 is 31.9 Å². The molecule has 1 aromatic carbocycles. The molecule has 4 heteroatoms. The lowest BCUT2D eigenvalue weighted by molar-refractivity contribution is 0.0952. The number of amides is 1. The molecule has 0 saturated carbocycles. The molecule has 1 amide bonds. The van der Waals surface area contributed by atoms with E-state index in [9.17, 15) is 4.79 Å². The maximum Gasteiger partial charge on any atom is 0.251 e. The first-order valence-electron chi connectivity index (χ1n) is 5.23. The van der Waals surface area contributed by atoms with Crippen LogP contribution in [0.2, 0.25) is 0 Å². The lowest BCUT2D eigenvalue weighted by atomic mass is 10.1. The van der Waals surface area contributed by atoms with Gasteiger partial charge in [-0.3, -0.25) is 4.79 Å². The Morgan fingerprint density at radius 2 is 1.81 bits per heavy atom. The Labute approximate surface area is 113 Å². The van der Waals surface area contributed by atoms with Crippen LogP contribution < -0.4 is 5.32 Å². The molecular weight excluding hydrogens is 334 g/mol. The van der Waals surface area contributed by atoms with Crippen LogP contribution in [0.4, 0.5) is 0 Å². The molecule has 0 spiro atoms. The third-order valence-corrected chi connectivity index (χ3v) is 3.05. The van der Waals surface area contributed by atoms with Crippen LogP contribution in [0.15, 0.2) is 27.1 Å². The molecule has 0 aliphatic rings. The minimum absolute atomic E-state index is 0.0253. The second kappa shape index (κ2) is 6.40. The van der Waals surface area contributed by atoms with Crippen LogP contribution in [0.5, 0.6) is 0 Å². The van der Waals surface area contributed by atoms with E-state index < -0.39 is 0 Å². The lowest BCUT2D eigenvalue weighted by Crippen LogP contribution is -2.25. The second-order valence-electron chi connectivity index (χ2n) is 4.10. The van der Waals surface area contributed by atoms with E-state index in [-0.39, 0.29) is 5.91 Å². The van der Waals surface area contributed by atoms with Gasteiger partial charge in [0, 0.05) is 21.1 Å². The Balaban J connectivity index is 2.59. The molecule has 16 heavy (non-hydrogen) atoms. The first-order chi connectivity index (χ1) is 7.49. The van der Waals surface area contributed by atoms with E-state index in [1.165, 1.54) is 0 Å². The molecule has 0 bridgehead atoms. The zero-order valence-electron chi connectivity index (χ0n) is 9.39. The third kappa shape index (κ3) is 4.66. The standard InChI is InChI=1S/C12H15Br2NO/c1-8(2)3-4-15-12(16)9-5-10(13)7-11(14)6-9/h5-8H,3-4H2,1-2H3,(H,15,16). The molecule has 0 atom stereocenters. The number of rotatable bonds is 4. The maximum atomic E-state index is 11.8. The number of hydrogen-bond acceptors (Lipinski definition) is 1. The summed E-state index contributed by atoms with van der Waals surface area (Å²) in [7, 11) is 0. The predicted molar refractivity (Wildman–Crippen MR) is 73.6 cm³/mol. The minimum Gasteiger partial charge on any atom is -0.352 e. The fraction of sp³-hybridized carbons (Fsp3) is 0.417. The van der Waals surface area contributed by atoms with Gasteiger partial charge in [0.1, 0.15) is 0 Å². The molecule has 0 saturated heterocycles. The maximum absolute atomic E-state index is 11.8. The summed E-state index contributed by atoms with van der Waals surface area (Å²) in [5.41, 5.74) is 0.671. The molecule has 0 heterocycles. The first-order valence-corrected chi connectivity index (χ1v) is 6.82. The molecule has 0 unspecified atom stereocenters. The normalized spacial score (nSPS) is 10.6. The highest BCUT2D eigenvalue weighted by atomic mass is 79.9. The topological polar surface area (TPSA) is 29.1 Å². The largest absolute Gasteiger partial charge is 0.352 e. The summed E-state index contributed by atoms with van der Waals surface area (Å²) >= 11 is 6.73. The Morgan fingerprint density at radius 3 is 2.31 bits per heavy atom. The van der Waals surface area contributed by atoms with E-state index in [0.29, 0.717) is 11.5 Å².